The Hall–Kier alpha value is -3.00. The molecule has 2 saturated heterocycles. The van der Waals surface area contributed by atoms with E-state index in [-0.39, 0.29) is 11.7 Å². The van der Waals surface area contributed by atoms with Crippen molar-refractivity contribution in [2.45, 2.75) is 38.3 Å². The predicted molar refractivity (Wildman–Crippen MR) is 159 cm³/mol. The number of anilines is 1. The average molecular weight is 564 g/mol. The van der Waals surface area contributed by atoms with E-state index in [9.17, 15) is 9.18 Å². The lowest BCUT2D eigenvalue weighted by Crippen LogP contribution is -2.57. The summed E-state index contributed by atoms with van der Waals surface area (Å²) in [6, 6.07) is 21.3. The standard InChI is InChI=1S/C32H39ClFN5O/c33-27-11-8-25(9-12-27)14-17-36-32(40)13-10-26-23-37(24-28-5-3-4-16-35-28)18-15-30(26)38-19-21-39(22-20-38)31-7-2-1-6-29(31)34/h1-9,11-12,16,26,30H,10,13-15,17-24H2,(H,36,40)/t26-,30+/m1/s1. The third-order valence-electron chi connectivity index (χ3n) is 8.26. The summed E-state index contributed by atoms with van der Waals surface area (Å²) in [5.41, 5.74) is 2.94. The molecule has 3 aromatic rings. The second-order valence-electron chi connectivity index (χ2n) is 10.9. The van der Waals surface area contributed by atoms with Crippen molar-refractivity contribution < 1.29 is 9.18 Å². The molecule has 2 aliphatic rings. The number of nitrogens with one attached hydrogen (secondary N) is 1. The Morgan fingerprint density at radius 3 is 2.50 bits per heavy atom. The van der Waals surface area contributed by atoms with E-state index in [2.05, 4.69) is 31.1 Å². The number of para-hydroxylation sites is 1. The molecule has 2 aromatic carbocycles. The maximum Gasteiger partial charge on any atom is 0.220 e. The van der Waals surface area contributed by atoms with E-state index in [0.717, 1.165) is 81.4 Å². The van der Waals surface area contributed by atoms with Gasteiger partial charge in [-0.3, -0.25) is 19.6 Å². The van der Waals surface area contributed by atoms with E-state index in [1.54, 1.807) is 6.07 Å². The molecule has 3 heterocycles. The van der Waals surface area contributed by atoms with Gasteiger partial charge < -0.3 is 10.2 Å². The lowest BCUT2D eigenvalue weighted by Gasteiger charge is -2.47. The van der Waals surface area contributed by atoms with Gasteiger partial charge in [-0.05, 0) is 67.1 Å². The van der Waals surface area contributed by atoms with Gasteiger partial charge in [-0.25, -0.2) is 4.39 Å². The Balaban J connectivity index is 1.16. The van der Waals surface area contributed by atoms with Crippen molar-refractivity contribution in [1.82, 2.24) is 20.1 Å². The predicted octanol–water partition coefficient (Wildman–Crippen LogP) is 5.03. The fourth-order valence-corrected chi connectivity index (χ4v) is 6.25. The zero-order valence-electron chi connectivity index (χ0n) is 23.0. The number of hydrogen-bond acceptors (Lipinski definition) is 5. The maximum absolute atomic E-state index is 14.4. The molecule has 1 aromatic heterocycles. The third kappa shape index (κ3) is 7.80. The van der Waals surface area contributed by atoms with Crippen molar-refractivity contribution >= 4 is 23.2 Å². The molecule has 0 saturated carbocycles. The molecule has 5 rings (SSSR count). The molecule has 2 fully saturated rings. The quantitative estimate of drug-likeness (QED) is 0.375. The highest BCUT2D eigenvalue weighted by atomic mass is 35.5. The number of rotatable bonds is 10. The normalized spacial score (nSPS) is 20.4. The molecule has 40 heavy (non-hydrogen) atoms. The van der Waals surface area contributed by atoms with Crippen molar-refractivity contribution in [1.29, 1.82) is 0 Å². The first-order chi connectivity index (χ1) is 19.5. The Bertz CT molecular complexity index is 1220. The first-order valence-electron chi connectivity index (χ1n) is 14.4. The highest BCUT2D eigenvalue weighted by Crippen LogP contribution is 2.29. The summed E-state index contributed by atoms with van der Waals surface area (Å²) in [6.07, 6.45) is 5.08. The molecule has 8 heteroatoms. The fraction of sp³-hybridized carbons (Fsp3) is 0.438. The first kappa shape index (κ1) is 28.5. The third-order valence-corrected chi connectivity index (χ3v) is 8.51. The van der Waals surface area contributed by atoms with Gasteiger partial charge in [0.1, 0.15) is 5.82 Å². The van der Waals surface area contributed by atoms with Gasteiger partial charge >= 0.3 is 0 Å². The van der Waals surface area contributed by atoms with E-state index < -0.39 is 0 Å². The maximum atomic E-state index is 14.4. The number of benzene rings is 2. The largest absolute Gasteiger partial charge is 0.367 e. The molecule has 0 unspecified atom stereocenters. The number of nitrogens with zero attached hydrogens (tertiary/aromatic N) is 4. The van der Waals surface area contributed by atoms with Gasteiger partial charge in [0.2, 0.25) is 5.91 Å². The number of piperazine rings is 1. The Morgan fingerprint density at radius 2 is 1.75 bits per heavy atom. The number of aromatic nitrogens is 1. The highest BCUT2D eigenvalue weighted by molar-refractivity contribution is 6.30. The lowest BCUT2D eigenvalue weighted by molar-refractivity contribution is -0.121. The molecular formula is C32H39ClFN5O. The van der Waals surface area contributed by atoms with E-state index in [1.807, 2.05) is 54.7 Å². The van der Waals surface area contributed by atoms with Crippen LogP contribution < -0.4 is 10.2 Å². The number of carbonyl (C=O) groups is 1. The van der Waals surface area contributed by atoms with Crippen LogP contribution in [-0.2, 0) is 17.8 Å². The van der Waals surface area contributed by atoms with Crippen LogP contribution in [0.15, 0.2) is 72.9 Å². The number of pyridine rings is 1. The highest BCUT2D eigenvalue weighted by Gasteiger charge is 2.35. The van der Waals surface area contributed by atoms with Crippen LogP contribution in [0.4, 0.5) is 10.1 Å². The molecular weight excluding hydrogens is 525 g/mol. The number of likely N-dealkylation sites (tertiary alicyclic amines) is 1. The van der Waals surface area contributed by atoms with Crippen LogP contribution in [-0.4, -0.2) is 72.5 Å². The van der Waals surface area contributed by atoms with Crippen LogP contribution in [0.5, 0.6) is 0 Å². The smallest absolute Gasteiger partial charge is 0.220 e. The van der Waals surface area contributed by atoms with Crippen molar-refractivity contribution in [3.63, 3.8) is 0 Å². The average Bonchev–Trinajstić information content (AvgIpc) is 2.98. The van der Waals surface area contributed by atoms with Gasteiger partial charge in [0.25, 0.3) is 0 Å². The Morgan fingerprint density at radius 1 is 0.975 bits per heavy atom. The van der Waals surface area contributed by atoms with E-state index in [1.165, 1.54) is 6.07 Å². The Labute approximate surface area is 242 Å². The first-order valence-corrected chi connectivity index (χ1v) is 14.8. The van der Waals surface area contributed by atoms with E-state index in [0.29, 0.717) is 30.6 Å². The minimum Gasteiger partial charge on any atom is -0.367 e. The second kappa shape index (κ2) is 14.1. The SMILES string of the molecule is O=C(CC[C@@H]1CN(Cc2ccccn2)CC[C@@H]1N1CCN(c2ccccc2F)CC1)NCCc1ccc(Cl)cc1. The number of halogens is 2. The summed E-state index contributed by atoms with van der Waals surface area (Å²) in [7, 11) is 0. The van der Waals surface area contributed by atoms with Crippen LogP contribution in [0.25, 0.3) is 0 Å². The molecule has 0 radical (unpaired) electrons. The van der Waals surface area contributed by atoms with Crippen LogP contribution in [0.1, 0.15) is 30.5 Å². The Kier molecular flexibility index (Phi) is 10.0. The monoisotopic (exact) mass is 563 g/mol. The van der Waals surface area contributed by atoms with Crippen LogP contribution >= 0.6 is 11.6 Å². The minimum absolute atomic E-state index is 0.110. The summed E-state index contributed by atoms with van der Waals surface area (Å²) in [5, 5.41) is 3.83. The summed E-state index contributed by atoms with van der Waals surface area (Å²) in [6.45, 7) is 6.86. The lowest BCUT2D eigenvalue weighted by atomic mass is 9.86. The molecule has 0 spiro atoms. The van der Waals surface area contributed by atoms with Gasteiger partial charge in [0.05, 0.1) is 11.4 Å². The van der Waals surface area contributed by atoms with Gasteiger partial charge in [-0.2, -0.15) is 0 Å². The molecule has 6 nitrogen and oxygen atoms in total. The summed E-state index contributed by atoms with van der Waals surface area (Å²) >= 11 is 5.98. The van der Waals surface area contributed by atoms with E-state index >= 15 is 0 Å². The summed E-state index contributed by atoms with van der Waals surface area (Å²) in [5.74, 6) is 0.345. The van der Waals surface area contributed by atoms with Crippen molar-refractivity contribution in [3.05, 3.63) is 95.0 Å². The van der Waals surface area contributed by atoms with Crippen LogP contribution in [0.2, 0.25) is 5.02 Å². The zero-order valence-corrected chi connectivity index (χ0v) is 23.8. The summed E-state index contributed by atoms with van der Waals surface area (Å²) in [4.78, 5) is 24.6. The van der Waals surface area contributed by atoms with Crippen LogP contribution in [0.3, 0.4) is 0 Å². The number of hydrogen-bond donors (Lipinski definition) is 1. The van der Waals surface area contributed by atoms with Gasteiger partial charge in [0, 0.05) is 76.0 Å². The zero-order chi connectivity index (χ0) is 27.7. The van der Waals surface area contributed by atoms with E-state index in [4.69, 9.17) is 11.6 Å². The van der Waals surface area contributed by atoms with Gasteiger partial charge in [-0.1, -0.05) is 41.9 Å². The van der Waals surface area contributed by atoms with Crippen molar-refractivity contribution in [2.75, 3.05) is 50.7 Å². The topological polar surface area (TPSA) is 51.7 Å². The molecule has 2 atom stereocenters. The molecule has 2 aliphatic heterocycles. The summed E-state index contributed by atoms with van der Waals surface area (Å²) < 4.78 is 14.4. The molecule has 1 N–H and O–H groups in total. The van der Waals surface area contributed by atoms with Gasteiger partial charge in [0.15, 0.2) is 0 Å². The molecule has 212 valence electrons. The number of piperidine rings is 1. The number of amides is 1. The molecule has 0 bridgehead atoms. The van der Waals surface area contributed by atoms with Crippen LogP contribution in [0, 0.1) is 11.7 Å². The fourth-order valence-electron chi connectivity index (χ4n) is 6.13. The minimum atomic E-state index is -0.154. The number of carbonyl (C=O) groups excluding carboxylic acids is 1. The molecule has 0 aliphatic carbocycles. The molecule has 1 amide bonds. The van der Waals surface area contributed by atoms with Crippen molar-refractivity contribution in [2.24, 2.45) is 5.92 Å². The second-order valence-corrected chi connectivity index (χ2v) is 11.3. The van der Waals surface area contributed by atoms with Gasteiger partial charge in [-0.15, -0.1) is 0 Å². The van der Waals surface area contributed by atoms with Crippen molar-refractivity contribution in [3.8, 4) is 0 Å².